The maximum atomic E-state index is 13.1. The van der Waals surface area contributed by atoms with E-state index in [0.29, 0.717) is 35.8 Å². The Morgan fingerprint density at radius 3 is 2.47 bits per heavy atom. The Kier molecular flexibility index (Phi) is 8.00. The molecular weight excluding hydrogens is 488 g/mol. The number of nitrogens with zero attached hydrogens (tertiary/aromatic N) is 3. The number of carboxylic acid groups (broad SMARTS) is 1. The van der Waals surface area contributed by atoms with Crippen molar-refractivity contribution in [1.29, 1.82) is 0 Å². The second-order valence-corrected chi connectivity index (χ2v) is 9.11. The number of carbonyl (C=O) groups is 3. The summed E-state index contributed by atoms with van der Waals surface area (Å²) in [4.78, 5) is 49.4. The molecule has 2 unspecified atom stereocenters. The van der Waals surface area contributed by atoms with E-state index in [0.717, 1.165) is 6.42 Å². The van der Waals surface area contributed by atoms with Gasteiger partial charge in [-0.3, -0.25) is 19.9 Å². The van der Waals surface area contributed by atoms with Crippen LogP contribution >= 0.6 is 0 Å². The molecule has 198 valence electrons. The predicted molar refractivity (Wildman–Crippen MR) is 144 cm³/mol. The monoisotopic (exact) mass is 518 g/mol. The van der Waals surface area contributed by atoms with Crippen LogP contribution in [0.25, 0.3) is 0 Å². The molecule has 3 amide bonds. The van der Waals surface area contributed by atoms with Crippen LogP contribution in [0.3, 0.4) is 0 Å². The lowest BCUT2D eigenvalue weighted by molar-refractivity contribution is -0.158. The van der Waals surface area contributed by atoms with Crippen LogP contribution in [0.15, 0.2) is 55.1 Å². The summed E-state index contributed by atoms with van der Waals surface area (Å²) in [6.45, 7) is 4.48. The summed E-state index contributed by atoms with van der Waals surface area (Å²) in [5.41, 5.74) is 0.963. The van der Waals surface area contributed by atoms with Gasteiger partial charge in [0.15, 0.2) is 0 Å². The molecule has 38 heavy (non-hydrogen) atoms. The van der Waals surface area contributed by atoms with Gasteiger partial charge >= 0.3 is 12.0 Å². The lowest BCUT2D eigenvalue weighted by Gasteiger charge is -2.44. The van der Waals surface area contributed by atoms with Crippen molar-refractivity contribution in [3.05, 3.63) is 60.7 Å². The van der Waals surface area contributed by atoms with Crippen molar-refractivity contribution in [2.45, 2.75) is 26.7 Å². The number of rotatable bonds is 10. The molecule has 4 rings (SSSR count). The number of carbonyl (C=O) groups excluding carboxylic acids is 2. The van der Waals surface area contributed by atoms with E-state index in [1.165, 1.54) is 12.4 Å². The van der Waals surface area contributed by atoms with Crippen LogP contribution in [0.4, 0.5) is 33.5 Å². The van der Waals surface area contributed by atoms with Crippen LogP contribution in [0.5, 0.6) is 0 Å². The predicted octanol–water partition coefficient (Wildman–Crippen LogP) is 3.92. The highest BCUT2D eigenvalue weighted by atomic mass is 16.4. The fraction of sp³-hybridized carbons (Fsp3) is 0.308. The summed E-state index contributed by atoms with van der Waals surface area (Å²) >= 11 is 0. The molecule has 0 saturated heterocycles. The molecule has 1 fully saturated rings. The van der Waals surface area contributed by atoms with Gasteiger partial charge in [-0.15, -0.1) is 0 Å². The van der Waals surface area contributed by atoms with Gasteiger partial charge in [0.25, 0.3) is 5.91 Å². The van der Waals surface area contributed by atoms with Gasteiger partial charge in [-0.05, 0) is 49.9 Å². The molecule has 3 aromatic heterocycles. The second-order valence-electron chi connectivity index (χ2n) is 9.11. The molecule has 0 aliphatic heterocycles. The molecule has 6 N–H and O–H groups in total. The highest BCUT2D eigenvalue weighted by molar-refractivity contribution is 6.08. The lowest BCUT2D eigenvalue weighted by atomic mass is 9.60. The van der Waals surface area contributed by atoms with Gasteiger partial charge in [-0.1, -0.05) is 6.92 Å². The molecule has 3 heterocycles. The summed E-state index contributed by atoms with van der Waals surface area (Å²) < 4.78 is 0. The van der Waals surface area contributed by atoms with Gasteiger partial charge < -0.3 is 26.4 Å². The van der Waals surface area contributed by atoms with E-state index >= 15 is 0 Å². The molecule has 12 nitrogen and oxygen atoms in total. The van der Waals surface area contributed by atoms with Crippen LogP contribution in [0.2, 0.25) is 0 Å². The SMILES string of the molecule is CCNC(=O)Nc1cc(Nc2cccnc2)c(C(=O)Nc2ccc(NCC3(C(=O)O)CCC3C)nc2)cn1. The first-order valence-corrected chi connectivity index (χ1v) is 12.3. The molecule has 0 bridgehead atoms. The molecule has 12 heteroatoms. The molecule has 1 aliphatic rings. The van der Waals surface area contributed by atoms with E-state index in [9.17, 15) is 19.5 Å². The van der Waals surface area contributed by atoms with E-state index in [-0.39, 0.29) is 23.8 Å². The minimum absolute atomic E-state index is 0.0942. The van der Waals surface area contributed by atoms with Crippen LogP contribution in [0.1, 0.15) is 37.0 Å². The first-order chi connectivity index (χ1) is 18.3. The summed E-state index contributed by atoms with van der Waals surface area (Å²) in [5.74, 6) is -0.370. The summed E-state index contributed by atoms with van der Waals surface area (Å²) in [6, 6.07) is 8.05. The molecule has 0 radical (unpaired) electrons. The van der Waals surface area contributed by atoms with E-state index in [1.54, 1.807) is 49.6 Å². The Morgan fingerprint density at radius 1 is 1.05 bits per heavy atom. The third kappa shape index (κ3) is 5.97. The minimum atomic E-state index is -0.802. The van der Waals surface area contributed by atoms with Gasteiger partial charge in [0.1, 0.15) is 11.6 Å². The van der Waals surface area contributed by atoms with Crippen molar-refractivity contribution >= 4 is 46.6 Å². The maximum Gasteiger partial charge on any atom is 0.320 e. The first kappa shape index (κ1) is 26.3. The molecule has 1 aliphatic carbocycles. The van der Waals surface area contributed by atoms with Crippen molar-refractivity contribution < 1.29 is 19.5 Å². The fourth-order valence-corrected chi connectivity index (χ4v) is 4.18. The highest BCUT2D eigenvalue weighted by Crippen LogP contribution is 2.46. The van der Waals surface area contributed by atoms with Gasteiger partial charge in [-0.25, -0.2) is 14.8 Å². The smallest absolute Gasteiger partial charge is 0.320 e. The second kappa shape index (κ2) is 11.5. The zero-order chi connectivity index (χ0) is 27.1. The van der Waals surface area contributed by atoms with Crippen molar-refractivity contribution in [2.24, 2.45) is 11.3 Å². The maximum absolute atomic E-state index is 13.1. The number of hydrogen-bond acceptors (Lipinski definition) is 8. The van der Waals surface area contributed by atoms with E-state index in [4.69, 9.17) is 0 Å². The van der Waals surface area contributed by atoms with E-state index in [1.807, 2.05) is 6.92 Å². The van der Waals surface area contributed by atoms with E-state index < -0.39 is 23.3 Å². The van der Waals surface area contributed by atoms with Crippen LogP contribution in [0, 0.1) is 11.3 Å². The molecule has 0 spiro atoms. The Bertz CT molecular complexity index is 1300. The summed E-state index contributed by atoms with van der Waals surface area (Å²) in [7, 11) is 0. The fourth-order valence-electron chi connectivity index (χ4n) is 4.18. The Hall–Kier alpha value is -4.74. The highest BCUT2D eigenvalue weighted by Gasteiger charge is 2.50. The molecular formula is C26H30N8O4. The average molecular weight is 519 g/mol. The van der Waals surface area contributed by atoms with Crippen LogP contribution in [-0.2, 0) is 4.79 Å². The number of amides is 3. The number of anilines is 5. The number of hydrogen-bond donors (Lipinski definition) is 6. The number of carboxylic acids is 1. The third-order valence-corrected chi connectivity index (χ3v) is 6.67. The molecule has 1 saturated carbocycles. The first-order valence-electron chi connectivity index (χ1n) is 12.3. The molecule has 2 atom stereocenters. The van der Waals surface area contributed by atoms with Gasteiger partial charge in [-0.2, -0.15) is 0 Å². The van der Waals surface area contributed by atoms with Crippen LogP contribution < -0.4 is 26.6 Å². The van der Waals surface area contributed by atoms with Crippen molar-refractivity contribution in [3.63, 3.8) is 0 Å². The zero-order valence-corrected chi connectivity index (χ0v) is 21.1. The summed E-state index contributed by atoms with van der Waals surface area (Å²) in [6.07, 6.45) is 7.61. The minimum Gasteiger partial charge on any atom is -0.481 e. The topological polar surface area (TPSA) is 170 Å². The van der Waals surface area contributed by atoms with Gasteiger partial charge in [0.2, 0.25) is 0 Å². The number of aromatic nitrogens is 3. The van der Waals surface area contributed by atoms with Gasteiger partial charge in [0.05, 0.1) is 40.4 Å². The number of pyridine rings is 3. The van der Waals surface area contributed by atoms with Crippen molar-refractivity contribution in [2.75, 3.05) is 34.4 Å². The molecule has 3 aromatic rings. The lowest BCUT2D eigenvalue weighted by Crippen LogP contribution is -2.50. The average Bonchev–Trinajstić information content (AvgIpc) is 2.89. The third-order valence-electron chi connectivity index (χ3n) is 6.67. The molecule has 0 aromatic carbocycles. The Balaban J connectivity index is 1.46. The van der Waals surface area contributed by atoms with Crippen molar-refractivity contribution in [1.82, 2.24) is 20.3 Å². The van der Waals surface area contributed by atoms with Crippen molar-refractivity contribution in [3.8, 4) is 0 Å². The quantitative estimate of drug-likeness (QED) is 0.233. The Morgan fingerprint density at radius 2 is 1.87 bits per heavy atom. The van der Waals surface area contributed by atoms with Crippen LogP contribution in [-0.4, -0.2) is 51.1 Å². The number of urea groups is 1. The number of nitrogens with one attached hydrogen (secondary N) is 5. The number of aliphatic carboxylic acids is 1. The largest absolute Gasteiger partial charge is 0.481 e. The van der Waals surface area contributed by atoms with Gasteiger partial charge in [0, 0.05) is 31.5 Å². The summed E-state index contributed by atoms with van der Waals surface area (Å²) in [5, 5.41) is 23.9. The zero-order valence-electron chi connectivity index (χ0n) is 21.1. The Labute approximate surface area is 219 Å². The van der Waals surface area contributed by atoms with E-state index in [2.05, 4.69) is 41.5 Å². The normalized spacial score (nSPS) is 18.0. The standard InChI is InChI=1S/C26H30N8O4/c1-3-28-25(38)34-22-11-20(32-17-5-4-10-27-12-17)19(14-30-22)23(35)33-18-6-7-21(29-13-18)31-15-26(24(36)37)9-8-16(26)2/h4-7,10-14,16H,3,8-9,15H2,1-2H3,(H,29,31)(H,33,35)(H,36,37)(H3,28,30,32,34,38).